The first-order chi connectivity index (χ1) is 14.3. The summed E-state index contributed by atoms with van der Waals surface area (Å²) in [6.45, 7) is 2.70. The summed E-state index contributed by atoms with van der Waals surface area (Å²) in [5, 5.41) is 0. The van der Waals surface area contributed by atoms with Gasteiger partial charge in [0.15, 0.2) is 0 Å². The zero-order valence-corrected chi connectivity index (χ0v) is 18.5. The molecule has 2 aromatic carbocycles. The number of likely N-dealkylation sites (tertiary alicyclic amines) is 1. The van der Waals surface area contributed by atoms with Crippen LogP contribution in [0.4, 0.5) is 0 Å². The second-order valence-corrected chi connectivity index (χ2v) is 10.6. The Labute approximate surface area is 179 Å². The molecule has 2 fully saturated rings. The van der Waals surface area contributed by atoms with Crippen LogP contribution < -0.4 is 4.72 Å². The Morgan fingerprint density at radius 3 is 2.40 bits per heavy atom. The Bertz CT molecular complexity index is 1030. The molecule has 1 aliphatic carbocycles. The average molecular weight is 427 g/mol. The zero-order chi connectivity index (χ0) is 21.3. The Balaban J connectivity index is 1.59. The van der Waals surface area contributed by atoms with Crippen LogP contribution in [0.5, 0.6) is 0 Å². The molecule has 2 aromatic rings. The molecule has 1 aliphatic heterocycles. The van der Waals surface area contributed by atoms with Gasteiger partial charge in [0, 0.05) is 18.5 Å². The van der Waals surface area contributed by atoms with Crippen LogP contribution in [0.2, 0.25) is 0 Å². The summed E-state index contributed by atoms with van der Waals surface area (Å²) >= 11 is 0. The standard InChI is InChI=1S/C24H30N2O3S/c1-17-6-3-10-20(14-17)21-11-4-7-18(15-21)16-23-22(25-30(2,28)29)12-13-26(23)24(27)19-8-5-9-19/h3-4,6-7,10-11,14-15,19,22-23,25H,5,8-9,12-13,16H2,1-2H3/t22-,23-/m0/s1. The van der Waals surface area contributed by atoms with Gasteiger partial charge < -0.3 is 4.90 Å². The number of nitrogens with zero attached hydrogens (tertiary/aromatic N) is 1. The number of amides is 1. The lowest BCUT2D eigenvalue weighted by Crippen LogP contribution is -2.49. The van der Waals surface area contributed by atoms with E-state index in [0.717, 1.165) is 36.0 Å². The fraction of sp³-hybridized carbons (Fsp3) is 0.458. The molecule has 1 saturated carbocycles. The van der Waals surface area contributed by atoms with Gasteiger partial charge in [-0.05, 0) is 49.3 Å². The molecule has 160 valence electrons. The van der Waals surface area contributed by atoms with Crippen molar-refractivity contribution in [3.8, 4) is 11.1 Å². The lowest BCUT2D eigenvalue weighted by Gasteiger charge is -2.34. The molecule has 0 bridgehead atoms. The van der Waals surface area contributed by atoms with Crippen molar-refractivity contribution in [2.24, 2.45) is 5.92 Å². The van der Waals surface area contributed by atoms with Crippen LogP contribution in [0, 0.1) is 12.8 Å². The maximum absolute atomic E-state index is 13.0. The van der Waals surface area contributed by atoms with Crippen LogP contribution in [-0.4, -0.2) is 44.1 Å². The normalized spacial score (nSPS) is 22.1. The number of hydrogen-bond acceptors (Lipinski definition) is 3. The largest absolute Gasteiger partial charge is 0.337 e. The summed E-state index contributed by atoms with van der Waals surface area (Å²) in [6, 6.07) is 16.4. The third-order valence-corrected chi connectivity index (χ3v) is 7.10. The smallest absolute Gasteiger partial charge is 0.225 e. The lowest BCUT2D eigenvalue weighted by molar-refractivity contribution is -0.139. The minimum atomic E-state index is -3.34. The molecule has 30 heavy (non-hydrogen) atoms. The van der Waals surface area contributed by atoms with Gasteiger partial charge in [0.2, 0.25) is 15.9 Å². The van der Waals surface area contributed by atoms with Crippen LogP contribution in [0.25, 0.3) is 11.1 Å². The third kappa shape index (κ3) is 4.76. The van der Waals surface area contributed by atoms with Crippen molar-refractivity contribution >= 4 is 15.9 Å². The molecule has 4 rings (SSSR count). The van der Waals surface area contributed by atoms with Gasteiger partial charge in [-0.1, -0.05) is 60.5 Å². The van der Waals surface area contributed by atoms with Crippen LogP contribution in [0.3, 0.4) is 0 Å². The van der Waals surface area contributed by atoms with E-state index in [2.05, 4.69) is 54.1 Å². The van der Waals surface area contributed by atoms with Crippen molar-refractivity contribution in [2.75, 3.05) is 12.8 Å². The molecular formula is C24H30N2O3S. The van der Waals surface area contributed by atoms with Gasteiger partial charge in [-0.3, -0.25) is 4.79 Å². The van der Waals surface area contributed by atoms with Crippen molar-refractivity contribution < 1.29 is 13.2 Å². The molecule has 5 nitrogen and oxygen atoms in total. The van der Waals surface area contributed by atoms with E-state index in [-0.39, 0.29) is 23.9 Å². The highest BCUT2D eigenvalue weighted by molar-refractivity contribution is 7.88. The first-order valence-electron chi connectivity index (χ1n) is 10.7. The molecule has 6 heteroatoms. The lowest BCUT2D eigenvalue weighted by atomic mass is 9.84. The van der Waals surface area contributed by atoms with Crippen molar-refractivity contribution in [2.45, 2.75) is 51.1 Å². The highest BCUT2D eigenvalue weighted by atomic mass is 32.2. The molecule has 0 radical (unpaired) electrons. The molecule has 0 unspecified atom stereocenters. The second-order valence-electron chi connectivity index (χ2n) is 8.79. The number of hydrogen-bond donors (Lipinski definition) is 1. The third-order valence-electron chi connectivity index (χ3n) is 6.37. The van der Waals surface area contributed by atoms with Crippen LogP contribution in [0.1, 0.15) is 36.8 Å². The number of carbonyl (C=O) groups is 1. The summed E-state index contributed by atoms with van der Waals surface area (Å²) in [4.78, 5) is 15.0. The van der Waals surface area contributed by atoms with Gasteiger partial charge in [-0.15, -0.1) is 0 Å². The van der Waals surface area contributed by atoms with Crippen LogP contribution >= 0.6 is 0 Å². The Kier molecular flexibility index (Phi) is 5.98. The SMILES string of the molecule is Cc1cccc(-c2cccc(C[C@H]3[C@@H](NS(C)(=O)=O)CCN3C(=O)C3CCC3)c2)c1. The van der Waals surface area contributed by atoms with Crippen LogP contribution in [-0.2, 0) is 21.2 Å². The number of aryl methyl sites for hydroxylation is 1. The molecule has 1 N–H and O–H groups in total. The maximum atomic E-state index is 13.0. The molecular weight excluding hydrogens is 396 g/mol. The predicted molar refractivity (Wildman–Crippen MR) is 120 cm³/mol. The summed E-state index contributed by atoms with van der Waals surface area (Å²) in [5.41, 5.74) is 4.63. The van der Waals surface area contributed by atoms with Gasteiger partial charge >= 0.3 is 0 Å². The van der Waals surface area contributed by atoms with E-state index in [1.54, 1.807) is 0 Å². The molecule has 2 atom stereocenters. The number of sulfonamides is 1. The number of benzene rings is 2. The quantitative estimate of drug-likeness (QED) is 0.769. The van der Waals surface area contributed by atoms with E-state index >= 15 is 0 Å². The van der Waals surface area contributed by atoms with Gasteiger partial charge in [0.25, 0.3) is 0 Å². The van der Waals surface area contributed by atoms with Crippen molar-refractivity contribution in [1.82, 2.24) is 9.62 Å². The van der Waals surface area contributed by atoms with Gasteiger partial charge in [0.1, 0.15) is 0 Å². The molecule has 1 saturated heterocycles. The van der Waals surface area contributed by atoms with Crippen molar-refractivity contribution in [1.29, 1.82) is 0 Å². The molecule has 2 aliphatic rings. The zero-order valence-electron chi connectivity index (χ0n) is 17.7. The summed E-state index contributed by atoms with van der Waals surface area (Å²) < 4.78 is 26.6. The fourth-order valence-electron chi connectivity index (χ4n) is 4.63. The molecule has 1 heterocycles. The monoisotopic (exact) mass is 426 g/mol. The van der Waals surface area contributed by atoms with Crippen molar-refractivity contribution in [3.05, 3.63) is 59.7 Å². The summed E-state index contributed by atoms with van der Waals surface area (Å²) in [7, 11) is -3.34. The molecule has 0 aromatic heterocycles. The van der Waals surface area contributed by atoms with Gasteiger partial charge in [-0.25, -0.2) is 13.1 Å². The summed E-state index contributed by atoms with van der Waals surface area (Å²) in [5.74, 6) is 0.307. The highest BCUT2D eigenvalue weighted by Crippen LogP contribution is 2.33. The van der Waals surface area contributed by atoms with Gasteiger partial charge in [-0.2, -0.15) is 0 Å². The fourth-order valence-corrected chi connectivity index (χ4v) is 5.45. The minimum Gasteiger partial charge on any atom is -0.337 e. The average Bonchev–Trinajstić information content (AvgIpc) is 3.01. The topological polar surface area (TPSA) is 66.5 Å². The minimum absolute atomic E-state index is 0.114. The van der Waals surface area contributed by atoms with E-state index in [9.17, 15) is 13.2 Å². The number of carbonyl (C=O) groups excluding carboxylic acids is 1. The number of rotatable bonds is 6. The first-order valence-corrected chi connectivity index (χ1v) is 12.6. The predicted octanol–water partition coefficient (Wildman–Crippen LogP) is 3.52. The van der Waals surface area contributed by atoms with Gasteiger partial charge in [0.05, 0.1) is 12.3 Å². The van der Waals surface area contributed by atoms with E-state index < -0.39 is 10.0 Å². The Hall–Kier alpha value is -2.18. The Morgan fingerprint density at radius 2 is 1.77 bits per heavy atom. The number of nitrogens with one attached hydrogen (secondary N) is 1. The van der Waals surface area contributed by atoms with Crippen LogP contribution in [0.15, 0.2) is 48.5 Å². The van der Waals surface area contributed by atoms with Crippen molar-refractivity contribution in [3.63, 3.8) is 0 Å². The van der Waals surface area contributed by atoms with E-state index in [1.807, 2.05) is 11.0 Å². The molecule has 1 amide bonds. The second kappa shape index (κ2) is 8.52. The van der Waals surface area contributed by atoms with E-state index in [4.69, 9.17) is 0 Å². The molecule has 0 spiro atoms. The van der Waals surface area contributed by atoms with E-state index in [0.29, 0.717) is 19.4 Å². The first kappa shape index (κ1) is 21.1. The summed E-state index contributed by atoms with van der Waals surface area (Å²) in [6.07, 6.45) is 5.51. The van der Waals surface area contributed by atoms with E-state index in [1.165, 1.54) is 11.8 Å². The maximum Gasteiger partial charge on any atom is 0.225 e. The Morgan fingerprint density at radius 1 is 1.07 bits per heavy atom. The highest BCUT2D eigenvalue weighted by Gasteiger charge is 2.41.